The molecule has 1 atom stereocenters. The molecular weight excluding hydrogens is 574 g/mol. The molecule has 0 bridgehead atoms. The van der Waals surface area contributed by atoms with Gasteiger partial charge in [0.25, 0.3) is 5.91 Å². The highest BCUT2D eigenvalue weighted by Gasteiger charge is 2.25. The predicted molar refractivity (Wildman–Crippen MR) is 174 cm³/mol. The zero-order chi connectivity index (χ0) is 31.6. The lowest BCUT2D eigenvalue weighted by molar-refractivity contribution is -0.118. The van der Waals surface area contributed by atoms with Crippen molar-refractivity contribution in [3.8, 4) is 22.4 Å². The molecule has 4 N–H and O–H groups in total. The van der Waals surface area contributed by atoms with E-state index in [1.54, 1.807) is 19.4 Å². The van der Waals surface area contributed by atoms with Gasteiger partial charge in [0.15, 0.2) is 0 Å². The zero-order valence-electron chi connectivity index (χ0n) is 25.4. The van der Waals surface area contributed by atoms with Crippen LogP contribution in [0.4, 0.5) is 5.69 Å². The molecule has 9 nitrogen and oxygen atoms in total. The molecule has 3 aromatic carbocycles. The van der Waals surface area contributed by atoms with Gasteiger partial charge >= 0.3 is 0 Å². The molecule has 226 valence electrons. The molecule has 44 heavy (non-hydrogen) atoms. The minimum atomic E-state index is -0.932. The molecule has 0 spiro atoms. The van der Waals surface area contributed by atoms with Gasteiger partial charge in [0.05, 0.1) is 17.7 Å². The lowest BCUT2D eigenvalue weighted by Gasteiger charge is -2.21. The Morgan fingerprint density at radius 2 is 1.68 bits per heavy atom. The van der Waals surface area contributed by atoms with Crippen molar-refractivity contribution in [3.63, 3.8) is 0 Å². The molecule has 2 heterocycles. The normalized spacial score (nSPS) is 12.2. The van der Waals surface area contributed by atoms with Crippen molar-refractivity contribution in [2.24, 2.45) is 19.8 Å². The number of nitrogens with zero attached hydrogens (tertiary/aromatic N) is 4. The first-order chi connectivity index (χ1) is 20.9. The number of carbonyl (C=O) groups is 2. The van der Waals surface area contributed by atoms with E-state index < -0.39 is 17.5 Å². The van der Waals surface area contributed by atoms with Crippen molar-refractivity contribution in [2.75, 3.05) is 5.32 Å². The van der Waals surface area contributed by atoms with Crippen LogP contribution < -0.4 is 16.4 Å². The molecule has 0 fully saturated rings. The highest BCUT2D eigenvalue weighted by atomic mass is 35.5. The van der Waals surface area contributed by atoms with Crippen LogP contribution in [0.2, 0.25) is 5.02 Å². The summed E-state index contributed by atoms with van der Waals surface area (Å²) >= 11 is 6.66. The molecule has 1 unspecified atom stereocenters. The molecule has 5 rings (SSSR count). The van der Waals surface area contributed by atoms with E-state index in [0.717, 1.165) is 33.6 Å². The second-order valence-corrected chi connectivity index (χ2v) is 11.9. The van der Waals surface area contributed by atoms with Gasteiger partial charge in [0.2, 0.25) is 5.91 Å². The van der Waals surface area contributed by atoms with Gasteiger partial charge in [-0.15, -0.1) is 0 Å². The van der Waals surface area contributed by atoms with Crippen molar-refractivity contribution in [2.45, 2.75) is 38.8 Å². The number of aromatic nitrogens is 4. The summed E-state index contributed by atoms with van der Waals surface area (Å²) in [5.74, 6) is -0.796. The molecule has 2 aromatic heterocycles. The number of amides is 2. The lowest BCUT2D eigenvalue weighted by atomic mass is 9.91. The highest BCUT2D eigenvalue weighted by molar-refractivity contribution is 6.31. The summed E-state index contributed by atoms with van der Waals surface area (Å²) in [6.07, 6.45) is 3.47. The summed E-state index contributed by atoms with van der Waals surface area (Å²) in [7, 11) is 3.61. The zero-order valence-corrected chi connectivity index (χ0v) is 26.2. The van der Waals surface area contributed by atoms with E-state index in [0.29, 0.717) is 22.0 Å². The van der Waals surface area contributed by atoms with Gasteiger partial charge in [0, 0.05) is 48.5 Å². The second kappa shape index (κ2) is 12.5. The minimum Gasteiger partial charge on any atom is -0.339 e. The van der Waals surface area contributed by atoms with Gasteiger partial charge in [-0.2, -0.15) is 5.10 Å². The molecule has 0 saturated heterocycles. The Hall–Kier alpha value is -4.73. The van der Waals surface area contributed by atoms with Gasteiger partial charge in [-0.25, -0.2) is 4.98 Å². The maximum Gasteiger partial charge on any atom is 0.270 e. The Bertz CT molecular complexity index is 1800. The number of imidazole rings is 1. The van der Waals surface area contributed by atoms with E-state index in [-0.39, 0.29) is 12.3 Å². The Labute approximate surface area is 262 Å². The number of aryl methyl sites for hydroxylation is 3. The summed E-state index contributed by atoms with van der Waals surface area (Å²) in [5, 5.41) is 10.4. The van der Waals surface area contributed by atoms with Gasteiger partial charge in [-0.3, -0.25) is 14.3 Å². The minimum absolute atomic E-state index is 0.163. The number of benzene rings is 3. The molecule has 0 aliphatic heterocycles. The third kappa shape index (κ3) is 6.74. The predicted octanol–water partition coefficient (Wildman–Crippen LogP) is 5.62. The van der Waals surface area contributed by atoms with Crippen LogP contribution in [0.25, 0.3) is 22.4 Å². The maximum atomic E-state index is 13.7. The number of hydrogen-bond acceptors (Lipinski definition) is 5. The SMILES string of the molecule is Cc1ncn(C)c1-c1ccc(NC(=O)C(Cc2cc(-c3cccc(C(C)(C)N)c3)ccc2Cl)NC(=O)c2ccnn2C)cc1. The fourth-order valence-corrected chi connectivity index (χ4v) is 5.36. The van der Waals surface area contributed by atoms with Gasteiger partial charge in [0.1, 0.15) is 11.7 Å². The maximum absolute atomic E-state index is 13.7. The topological polar surface area (TPSA) is 120 Å². The summed E-state index contributed by atoms with van der Waals surface area (Å²) in [4.78, 5) is 31.3. The van der Waals surface area contributed by atoms with Crippen molar-refractivity contribution in [3.05, 3.63) is 113 Å². The van der Waals surface area contributed by atoms with Crippen LogP contribution >= 0.6 is 11.6 Å². The highest BCUT2D eigenvalue weighted by Crippen LogP contribution is 2.29. The van der Waals surface area contributed by atoms with Crippen molar-refractivity contribution in [1.29, 1.82) is 0 Å². The van der Waals surface area contributed by atoms with E-state index in [2.05, 4.69) is 26.8 Å². The van der Waals surface area contributed by atoms with E-state index in [1.165, 1.54) is 10.9 Å². The van der Waals surface area contributed by atoms with Crippen LogP contribution in [0.1, 0.15) is 41.2 Å². The average Bonchev–Trinajstić information content (AvgIpc) is 3.57. The van der Waals surface area contributed by atoms with Crippen LogP contribution in [0.15, 0.2) is 85.3 Å². The fraction of sp³-hybridized carbons (Fsp3) is 0.235. The number of nitrogens with two attached hydrogens (primary N) is 1. The van der Waals surface area contributed by atoms with Crippen LogP contribution in [-0.4, -0.2) is 37.2 Å². The third-order valence-corrected chi connectivity index (χ3v) is 8.00. The van der Waals surface area contributed by atoms with Crippen LogP contribution in [0.3, 0.4) is 0 Å². The Morgan fingerprint density at radius 3 is 2.32 bits per heavy atom. The van der Waals surface area contributed by atoms with E-state index in [9.17, 15) is 9.59 Å². The largest absolute Gasteiger partial charge is 0.339 e. The Balaban J connectivity index is 1.42. The number of rotatable bonds is 9. The lowest BCUT2D eigenvalue weighted by Crippen LogP contribution is -2.45. The smallest absolute Gasteiger partial charge is 0.270 e. The summed E-state index contributed by atoms with van der Waals surface area (Å²) in [6, 6.07) is 21.9. The van der Waals surface area contributed by atoms with Crippen LogP contribution in [0.5, 0.6) is 0 Å². The van der Waals surface area contributed by atoms with Gasteiger partial charge < -0.3 is 20.9 Å². The molecule has 0 radical (unpaired) electrons. The van der Waals surface area contributed by atoms with Crippen molar-refractivity contribution < 1.29 is 9.59 Å². The summed E-state index contributed by atoms with van der Waals surface area (Å²) in [5.41, 5.74) is 13.3. The standard InChI is InChI=1S/C34H36ClN7O2/c1-21-31(41(4)20-37-21)22-9-12-27(13-10-22)39-32(43)29(40-33(44)30-15-16-38-42(30)5)19-25-17-24(11-14-28(25)35)23-7-6-8-26(18-23)34(2,3)36/h6-18,20,29H,19,36H2,1-5H3,(H,39,43)(H,40,44). The van der Waals surface area contributed by atoms with Crippen LogP contribution in [0, 0.1) is 6.92 Å². The molecule has 0 saturated carbocycles. The van der Waals surface area contributed by atoms with Crippen molar-refractivity contribution in [1.82, 2.24) is 24.6 Å². The third-order valence-electron chi connectivity index (χ3n) is 7.63. The fourth-order valence-electron chi connectivity index (χ4n) is 5.17. The second-order valence-electron chi connectivity index (χ2n) is 11.5. The Kier molecular flexibility index (Phi) is 8.71. The van der Waals surface area contributed by atoms with E-state index in [1.807, 2.05) is 93.0 Å². The molecule has 2 amide bonds. The van der Waals surface area contributed by atoms with E-state index in [4.69, 9.17) is 17.3 Å². The molecule has 5 aromatic rings. The first-order valence-corrected chi connectivity index (χ1v) is 14.6. The number of halogens is 1. The summed E-state index contributed by atoms with van der Waals surface area (Å²) in [6.45, 7) is 5.87. The summed E-state index contributed by atoms with van der Waals surface area (Å²) < 4.78 is 3.42. The van der Waals surface area contributed by atoms with Crippen molar-refractivity contribution >= 4 is 29.1 Å². The first kappa shape index (κ1) is 30.7. The molecule has 0 aliphatic rings. The number of nitrogens with one attached hydrogen (secondary N) is 2. The monoisotopic (exact) mass is 609 g/mol. The number of anilines is 1. The number of carbonyl (C=O) groups excluding carboxylic acids is 2. The Morgan fingerprint density at radius 1 is 0.977 bits per heavy atom. The first-order valence-electron chi connectivity index (χ1n) is 14.3. The molecular formula is C34H36ClN7O2. The molecule has 10 heteroatoms. The average molecular weight is 610 g/mol. The van der Waals surface area contributed by atoms with Gasteiger partial charge in [-0.05, 0) is 79.4 Å². The quantitative estimate of drug-likeness (QED) is 0.200. The number of hydrogen-bond donors (Lipinski definition) is 3. The van der Waals surface area contributed by atoms with Gasteiger partial charge in [-0.1, -0.05) is 48.0 Å². The van der Waals surface area contributed by atoms with Crippen LogP contribution in [-0.2, 0) is 30.8 Å². The van der Waals surface area contributed by atoms with E-state index >= 15 is 0 Å². The molecule has 0 aliphatic carbocycles.